The van der Waals surface area contributed by atoms with Crippen molar-refractivity contribution in [2.45, 2.75) is 104 Å². The van der Waals surface area contributed by atoms with Crippen LogP contribution in [0.5, 0.6) is 0 Å². The minimum Gasteiger partial charge on any atom is -0.459 e. The molecule has 0 saturated carbocycles. The molecule has 206 valence electrons. The summed E-state index contributed by atoms with van der Waals surface area (Å²) in [6.45, 7) is 10.5. The molecule has 1 heterocycles. The molecular formula is C26H42O10. The second kappa shape index (κ2) is 14.6. The molecule has 1 aliphatic rings. The van der Waals surface area contributed by atoms with E-state index in [1.807, 2.05) is 0 Å². The quantitative estimate of drug-likeness (QED) is 0.205. The first-order valence-electron chi connectivity index (χ1n) is 12.5. The van der Waals surface area contributed by atoms with Crippen LogP contribution in [0, 0.1) is 17.8 Å². The molecule has 0 bridgehead atoms. The van der Waals surface area contributed by atoms with E-state index in [1.54, 1.807) is 20.8 Å². The molecule has 1 aliphatic heterocycles. The van der Waals surface area contributed by atoms with E-state index in [1.165, 1.54) is 14.0 Å². The van der Waals surface area contributed by atoms with Gasteiger partial charge in [0.2, 0.25) is 0 Å². The molecule has 36 heavy (non-hydrogen) atoms. The standard InChI is InChI=1S/C26H42O10/c1-8-14(4)9-10-17(27)15(5)18(28)11-20(30)24(34-7)23(13(2)3)35-21(31)12-19(29)22-16(6)25(32)36-26(22)33/h13-15,17,19-20,23-24,27,29-30H,8-12H2,1-7H3/t14-,15+,17+,19-,20-,23-,24+/m1/s1. The monoisotopic (exact) mass is 514 g/mol. The third-order valence-electron chi connectivity index (χ3n) is 6.86. The topological polar surface area (TPSA) is 157 Å². The highest BCUT2D eigenvalue weighted by Crippen LogP contribution is 2.25. The lowest BCUT2D eigenvalue weighted by Gasteiger charge is -2.32. The summed E-state index contributed by atoms with van der Waals surface area (Å²) in [6, 6.07) is 0. The molecule has 0 aromatic rings. The number of carbonyl (C=O) groups excluding carboxylic acids is 4. The zero-order valence-electron chi connectivity index (χ0n) is 22.4. The number of ether oxygens (including phenoxy) is 3. The Bertz CT molecular complexity index is 818. The molecule has 0 saturated heterocycles. The van der Waals surface area contributed by atoms with E-state index >= 15 is 0 Å². The fourth-order valence-electron chi connectivity index (χ4n) is 4.05. The number of cyclic esters (lactones) is 2. The molecule has 0 aromatic heterocycles. The molecule has 10 heteroatoms. The number of carbonyl (C=O) groups is 4. The van der Waals surface area contributed by atoms with Crippen LogP contribution in [0.1, 0.15) is 73.6 Å². The Hall–Kier alpha value is -2.14. The second-order valence-corrected chi connectivity index (χ2v) is 10.0. The molecule has 0 aromatic carbocycles. The average molecular weight is 515 g/mol. The second-order valence-electron chi connectivity index (χ2n) is 10.0. The van der Waals surface area contributed by atoms with Gasteiger partial charge in [-0.05, 0) is 31.6 Å². The SMILES string of the molecule is CC[C@@H](C)CC[C@H](O)[C@H](C)C(=O)C[C@@H](O)[C@H](OC)[C@H](OC(=O)C[C@@H](O)C1=C(C)C(=O)OC1=O)C(C)C. The minimum atomic E-state index is -1.60. The third-order valence-corrected chi connectivity index (χ3v) is 6.86. The lowest BCUT2D eigenvalue weighted by atomic mass is 9.88. The summed E-state index contributed by atoms with van der Waals surface area (Å²) in [4.78, 5) is 48.6. The lowest BCUT2D eigenvalue weighted by Crippen LogP contribution is -2.46. The van der Waals surface area contributed by atoms with E-state index in [-0.39, 0.29) is 29.3 Å². The number of hydrogen-bond acceptors (Lipinski definition) is 10. The van der Waals surface area contributed by atoms with Crippen molar-refractivity contribution < 1.29 is 48.7 Å². The van der Waals surface area contributed by atoms with Gasteiger partial charge in [0.15, 0.2) is 0 Å². The van der Waals surface area contributed by atoms with Crippen LogP contribution < -0.4 is 0 Å². The van der Waals surface area contributed by atoms with E-state index in [4.69, 9.17) is 9.47 Å². The summed E-state index contributed by atoms with van der Waals surface area (Å²) < 4.78 is 15.3. The smallest absolute Gasteiger partial charge is 0.345 e. The maximum Gasteiger partial charge on any atom is 0.345 e. The van der Waals surface area contributed by atoms with Crippen LogP contribution in [-0.2, 0) is 33.4 Å². The molecule has 0 amide bonds. The number of esters is 3. The number of rotatable bonds is 16. The maximum atomic E-state index is 12.7. The summed E-state index contributed by atoms with van der Waals surface area (Å²) in [5.74, 6) is -3.69. The van der Waals surface area contributed by atoms with E-state index in [0.29, 0.717) is 12.3 Å². The summed E-state index contributed by atoms with van der Waals surface area (Å²) in [6.07, 6.45) is -4.45. The number of methoxy groups -OCH3 is 1. The van der Waals surface area contributed by atoms with Crippen LogP contribution in [0.15, 0.2) is 11.1 Å². The Morgan fingerprint density at radius 1 is 0.917 bits per heavy atom. The largest absolute Gasteiger partial charge is 0.459 e. The van der Waals surface area contributed by atoms with Crippen LogP contribution in [0.4, 0.5) is 0 Å². The molecule has 3 N–H and O–H groups in total. The van der Waals surface area contributed by atoms with E-state index in [0.717, 1.165) is 12.8 Å². The Morgan fingerprint density at radius 2 is 1.53 bits per heavy atom. The Kier molecular flexibility index (Phi) is 12.9. The first-order chi connectivity index (χ1) is 16.7. The summed E-state index contributed by atoms with van der Waals surface area (Å²) in [5.41, 5.74) is -0.377. The number of aliphatic hydroxyl groups excluding tert-OH is 3. The van der Waals surface area contributed by atoms with E-state index < -0.39 is 60.8 Å². The molecule has 0 unspecified atom stereocenters. The van der Waals surface area contributed by atoms with Crippen LogP contribution in [-0.4, -0.2) is 76.6 Å². The van der Waals surface area contributed by atoms with E-state index in [9.17, 15) is 34.5 Å². The van der Waals surface area contributed by atoms with Crippen molar-refractivity contribution in [3.63, 3.8) is 0 Å². The van der Waals surface area contributed by atoms with Gasteiger partial charge in [-0.15, -0.1) is 0 Å². The van der Waals surface area contributed by atoms with Gasteiger partial charge in [0, 0.05) is 25.0 Å². The average Bonchev–Trinajstić information content (AvgIpc) is 3.06. The maximum absolute atomic E-state index is 12.7. The molecule has 7 atom stereocenters. The predicted octanol–water partition coefficient (Wildman–Crippen LogP) is 1.86. The summed E-state index contributed by atoms with van der Waals surface area (Å²) >= 11 is 0. The van der Waals surface area contributed by atoms with Crippen molar-refractivity contribution in [2.24, 2.45) is 17.8 Å². The normalized spacial score (nSPS) is 20.0. The van der Waals surface area contributed by atoms with Gasteiger partial charge in [-0.1, -0.05) is 41.0 Å². The molecule has 0 fully saturated rings. The Labute approximate surface area is 213 Å². The third kappa shape index (κ3) is 8.76. The highest BCUT2D eigenvalue weighted by atomic mass is 16.6. The van der Waals surface area contributed by atoms with Crippen molar-refractivity contribution in [3.05, 3.63) is 11.1 Å². The van der Waals surface area contributed by atoms with Crippen LogP contribution in [0.2, 0.25) is 0 Å². The zero-order valence-corrected chi connectivity index (χ0v) is 22.4. The molecule has 1 rings (SSSR count). The van der Waals surface area contributed by atoms with Crippen LogP contribution in [0.3, 0.4) is 0 Å². The van der Waals surface area contributed by atoms with Gasteiger partial charge in [-0.2, -0.15) is 0 Å². The summed E-state index contributed by atoms with van der Waals surface area (Å²) in [7, 11) is 1.31. The van der Waals surface area contributed by atoms with Crippen LogP contribution in [0.25, 0.3) is 0 Å². The first-order valence-corrected chi connectivity index (χ1v) is 12.5. The molecule has 10 nitrogen and oxygen atoms in total. The Balaban J connectivity index is 2.82. The van der Waals surface area contributed by atoms with Crippen molar-refractivity contribution in [1.29, 1.82) is 0 Å². The fraction of sp³-hybridized carbons (Fsp3) is 0.769. The minimum absolute atomic E-state index is 0.0788. The fourth-order valence-corrected chi connectivity index (χ4v) is 4.05. The van der Waals surface area contributed by atoms with Crippen molar-refractivity contribution in [3.8, 4) is 0 Å². The number of aliphatic hydroxyl groups is 3. The van der Waals surface area contributed by atoms with Gasteiger partial charge in [0.1, 0.15) is 18.0 Å². The molecule has 0 radical (unpaired) electrons. The zero-order chi connectivity index (χ0) is 27.7. The van der Waals surface area contributed by atoms with Gasteiger partial charge in [0.05, 0.1) is 30.3 Å². The number of hydrogen-bond donors (Lipinski definition) is 3. The lowest BCUT2D eigenvalue weighted by molar-refractivity contribution is -0.170. The van der Waals surface area contributed by atoms with Crippen molar-refractivity contribution >= 4 is 23.7 Å². The van der Waals surface area contributed by atoms with Gasteiger partial charge in [-0.3, -0.25) is 9.59 Å². The van der Waals surface area contributed by atoms with Crippen LogP contribution >= 0.6 is 0 Å². The van der Waals surface area contributed by atoms with E-state index in [2.05, 4.69) is 18.6 Å². The first kappa shape index (κ1) is 31.9. The summed E-state index contributed by atoms with van der Waals surface area (Å²) in [5, 5.41) is 31.5. The predicted molar refractivity (Wildman–Crippen MR) is 129 cm³/mol. The molecular weight excluding hydrogens is 472 g/mol. The van der Waals surface area contributed by atoms with Gasteiger partial charge in [0.25, 0.3) is 0 Å². The highest BCUT2D eigenvalue weighted by Gasteiger charge is 2.39. The molecule has 0 aliphatic carbocycles. The molecule has 0 spiro atoms. The van der Waals surface area contributed by atoms with Gasteiger partial charge < -0.3 is 29.5 Å². The van der Waals surface area contributed by atoms with Gasteiger partial charge in [-0.25, -0.2) is 9.59 Å². The number of Topliss-reactive ketones (excluding diaryl/α,β-unsaturated/α-hetero) is 1. The number of ketones is 1. The van der Waals surface area contributed by atoms with Gasteiger partial charge >= 0.3 is 17.9 Å². The highest BCUT2D eigenvalue weighted by molar-refractivity contribution is 6.12. The Morgan fingerprint density at radius 3 is 2.00 bits per heavy atom. The van der Waals surface area contributed by atoms with Crippen molar-refractivity contribution in [2.75, 3.05) is 7.11 Å². The van der Waals surface area contributed by atoms with Crippen molar-refractivity contribution in [1.82, 2.24) is 0 Å².